The molecule has 0 spiro atoms. The minimum Gasteiger partial charge on any atom is -0.0900 e. The quantitative estimate of drug-likeness (QED) is 0.584. The summed E-state index contributed by atoms with van der Waals surface area (Å²) in [6.07, 6.45) is 11.1. The van der Waals surface area contributed by atoms with Crippen LogP contribution in [0.15, 0.2) is 11.9 Å². The molecule has 0 aliphatic heterocycles. The van der Waals surface area contributed by atoms with Crippen LogP contribution in [0.2, 0.25) is 0 Å². The SMILES string of the molecule is CC(CC=CP(C)C)C1CCCCC1. The molecule has 0 bridgehead atoms. The van der Waals surface area contributed by atoms with Crippen LogP contribution < -0.4 is 0 Å². The van der Waals surface area contributed by atoms with Gasteiger partial charge < -0.3 is 0 Å². The summed E-state index contributed by atoms with van der Waals surface area (Å²) in [5.41, 5.74) is 0. The molecule has 1 saturated carbocycles. The average molecular weight is 212 g/mol. The molecule has 0 radical (unpaired) electrons. The van der Waals surface area contributed by atoms with Gasteiger partial charge >= 0.3 is 0 Å². The van der Waals surface area contributed by atoms with E-state index in [0.29, 0.717) is 0 Å². The van der Waals surface area contributed by atoms with Crippen molar-refractivity contribution in [1.82, 2.24) is 0 Å². The number of allylic oxidation sites excluding steroid dienone is 1. The Morgan fingerprint density at radius 1 is 1.21 bits per heavy atom. The highest BCUT2D eigenvalue weighted by atomic mass is 31.1. The van der Waals surface area contributed by atoms with E-state index in [1.807, 2.05) is 0 Å². The zero-order valence-corrected chi connectivity index (χ0v) is 10.9. The summed E-state index contributed by atoms with van der Waals surface area (Å²) < 4.78 is 0. The predicted octanol–water partition coefficient (Wildman–Crippen LogP) is 4.85. The highest BCUT2D eigenvalue weighted by Crippen LogP contribution is 2.33. The summed E-state index contributed by atoms with van der Waals surface area (Å²) in [6.45, 7) is 7.07. The third kappa shape index (κ3) is 4.60. The Balaban J connectivity index is 2.22. The van der Waals surface area contributed by atoms with Crippen LogP contribution in [0.25, 0.3) is 0 Å². The van der Waals surface area contributed by atoms with Crippen LogP contribution in [0.5, 0.6) is 0 Å². The third-order valence-corrected chi connectivity index (χ3v) is 4.17. The van der Waals surface area contributed by atoms with Gasteiger partial charge in [0.25, 0.3) is 0 Å². The molecule has 1 fully saturated rings. The van der Waals surface area contributed by atoms with Crippen molar-refractivity contribution in [2.75, 3.05) is 13.3 Å². The monoisotopic (exact) mass is 212 g/mol. The minimum absolute atomic E-state index is 0.171. The van der Waals surface area contributed by atoms with Crippen LogP contribution in [-0.2, 0) is 0 Å². The molecule has 14 heavy (non-hydrogen) atoms. The van der Waals surface area contributed by atoms with E-state index in [1.165, 1.54) is 38.5 Å². The van der Waals surface area contributed by atoms with E-state index in [0.717, 1.165) is 11.8 Å². The second kappa shape index (κ2) is 6.62. The number of hydrogen-bond acceptors (Lipinski definition) is 0. The van der Waals surface area contributed by atoms with Crippen LogP contribution >= 0.6 is 7.92 Å². The maximum atomic E-state index is 2.44. The Morgan fingerprint density at radius 2 is 1.86 bits per heavy atom. The van der Waals surface area contributed by atoms with E-state index < -0.39 is 0 Å². The lowest BCUT2D eigenvalue weighted by atomic mass is 9.79. The van der Waals surface area contributed by atoms with Gasteiger partial charge in [-0.15, -0.1) is 0 Å². The summed E-state index contributed by atoms with van der Waals surface area (Å²) in [4.78, 5) is 0. The van der Waals surface area contributed by atoms with Gasteiger partial charge in [-0.1, -0.05) is 58.8 Å². The standard InChI is InChI=1S/C13H25P/c1-12(8-7-11-14(2)3)13-9-5-4-6-10-13/h7,11-13H,4-6,8-10H2,1-3H3. The van der Waals surface area contributed by atoms with Crippen molar-refractivity contribution in [3.63, 3.8) is 0 Å². The fourth-order valence-electron chi connectivity index (χ4n) is 2.38. The lowest BCUT2D eigenvalue weighted by molar-refractivity contribution is 0.265. The molecule has 1 aliphatic rings. The maximum Gasteiger partial charge on any atom is -0.0319 e. The van der Waals surface area contributed by atoms with Crippen LogP contribution in [0, 0.1) is 11.8 Å². The normalized spacial score (nSPS) is 22.0. The smallest absolute Gasteiger partial charge is 0.0319 e. The van der Waals surface area contributed by atoms with Crippen molar-refractivity contribution in [2.45, 2.75) is 45.4 Å². The molecule has 1 rings (SSSR count). The predicted molar refractivity (Wildman–Crippen MR) is 68.3 cm³/mol. The van der Waals surface area contributed by atoms with E-state index in [1.54, 1.807) is 0 Å². The molecule has 0 saturated heterocycles. The third-order valence-electron chi connectivity index (χ3n) is 3.37. The molecule has 1 atom stereocenters. The Morgan fingerprint density at radius 3 is 2.43 bits per heavy atom. The molecule has 1 unspecified atom stereocenters. The van der Waals surface area contributed by atoms with Crippen molar-refractivity contribution in [3.8, 4) is 0 Å². The van der Waals surface area contributed by atoms with Gasteiger partial charge in [0.15, 0.2) is 0 Å². The van der Waals surface area contributed by atoms with Crippen LogP contribution in [0.3, 0.4) is 0 Å². The maximum absolute atomic E-state index is 2.44. The van der Waals surface area contributed by atoms with Gasteiger partial charge in [0.05, 0.1) is 0 Å². The number of hydrogen-bond donors (Lipinski definition) is 0. The summed E-state index contributed by atoms with van der Waals surface area (Å²) in [7, 11) is 0.171. The Hall–Kier alpha value is 0.170. The van der Waals surface area contributed by atoms with Crippen molar-refractivity contribution < 1.29 is 0 Å². The molecular formula is C13H25P. The molecule has 0 aromatic rings. The van der Waals surface area contributed by atoms with E-state index in [-0.39, 0.29) is 7.92 Å². The Labute approximate surface area is 90.9 Å². The second-order valence-corrected chi connectivity index (χ2v) is 7.18. The zero-order valence-electron chi connectivity index (χ0n) is 10.00. The molecule has 0 heterocycles. The molecule has 0 aromatic heterocycles. The average Bonchev–Trinajstić information content (AvgIpc) is 2.18. The summed E-state index contributed by atoms with van der Waals surface area (Å²) >= 11 is 0. The first-order valence-corrected chi connectivity index (χ1v) is 8.33. The van der Waals surface area contributed by atoms with Crippen LogP contribution in [-0.4, -0.2) is 13.3 Å². The largest absolute Gasteiger partial charge is 0.0900 e. The lowest BCUT2D eigenvalue weighted by Crippen LogP contribution is -2.14. The van der Waals surface area contributed by atoms with Gasteiger partial charge in [0.2, 0.25) is 0 Å². The first-order chi connectivity index (χ1) is 6.70. The summed E-state index contributed by atoms with van der Waals surface area (Å²) in [6, 6.07) is 0. The van der Waals surface area contributed by atoms with Gasteiger partial charge in [-0.3, -0.25) is 0 Å². The van der Waals surface area contributed by atoms with Gasteiger partial charge in [-0.05, 0) is 31.6 Å². The van der Waals surface area contributed by atoms with Gasteiger partial charge in [0, 0.05) is 0 Å². The molecule has 0 N–H and O–H groups in total. The lowest BCUT2D eigenvalue weighted by Gasteiger charge is -2.26. The van der Waals surface area contributed by atoms with Crippen molar-refractivity contribution in [3.05, 3.63) is 11.9 Å². The van der Waals surface area contributed by atoms with Crippen molar-refractivity contribution >= 4 is 7.92 Å². The van der Waals surface area contributed by atoms with E-state index in [2.05, 4.69) is 32.1 Å². The molecule has 1 aliphatic carbocycles. The highest BCUT2D eigenvalue weighted by Gasteiger charge is 2.18. The van der Waals surface area contributed by atoms with Gasteiger partial charge in [0.1, 0.15) is 0 Å². The highest BCUT2D eigenvalue weighted by molar-refractivity contribution is 7.59. The van der Waals surface area contributed by atoms with Crippen molar-refractivity contribution in [1.29, 1.82) is 0 Å². The van der Waals surface area contributed by atoms with Crippen LogP contribution in [0.4, 0.5) is 0 Å². The molecule has 0 nitrogen and oxygen atoms in total. The molecule has 1 heteroatoms. The summed E-state index contributed by atoms with van der Waals surface area (Å²) in [5, 5.41) is 0. The number of rotatable bonds is 4. The first kappa shape index (κ1) is 12.2. The second-order valence-electron chi connectivity index (χ2n) is 4.96. The van der Waals surface area contributed by atoms with Crippen molar-refractivity contribution in [2.24, 2.45) is 11.8 Å². The minimum atomic E-state index is 0.171. The van der Waals surface area contributed by atoms with E-state index >= 15 is 0 Å². The van der Waals surface area contributed by atoms with Gasteiger partial charge in [-0.25, -0.2) is 0 Å². The zero-order chi connectivity index (χ0) is 10.4. The molecule has 0 amide bonds. The van der Waals surface area contributed by atoms with Crippen LogP contribution in [0.1, 0.15) is 45.4 Å². The molecular weight excluding hydrogens is 187 g/mol. The first-order valence-electron chi connectivity index (χ1n) is 6.03. The molecule has 0 aromatic carbocycles. The molecule has 82 valence electrons. The van der Waals surface area contributed by atoms with Gasteiger partial charge in [-0.2, -0.15) is 0 Å². The summed E-state index contributed by atoms with van der Waals surface area (Å²) in [5.74, 6) is 4.35. The Kier molecular flexibility index (Phi) is 5.78. The fourth-order valence-corrected chi connectivity index (χ4v) is 2.93. The fraction of sp³-hybridized carbons (Fsp3) is 0.846. The topological polar surface area (TPSA) is 0 Å². The Bertz CT molecular complexity index is 166. The van der Waals surface area contributed by atoms with E-state index in [9.17, 15) is 0 Å². The van der Waals surface area contributed by atoms with E-state index in [4.69, 9.17) is 0 Å².